The molecule has 0 spiro atoms. The molecule has 5 rings (SSSR count). The van der Waals surface area contributed by atoms with Gasteiger partial charge in [-0.05, 0) is 66.9 Å². The molecular weight excluding hydrogens is 416 g/mol. The summed E-state index contributed by atoms with van der Waals surface area (Å²) in [5, 5.41) is 14.2. The van der Waals surface area contributed by atoms with E-state index in [1.165, 1.54) is 22.2 Å². The van der Waals surface area contributed by atoms with Crippen LogP contribution in [-0.4, -0.2) is 50.9 Å². The molecule has 1 N–H and O–H groups in total. The Kier molecular flexibility index (Phi) is 5.32. The van der Waals surface area contributed by atoms with Crippen LogP contribution < -0.4 is 9.47 Å². The summed E-state index contributed by atoms with van der Waals surface area (Å²) in [6.07, 6.45) is 0.959. The maximum atomic E-state index is 5.62. The molecule has 1 aliphatic heterocycles. The number of aromatic amines is 1. The zero-order chi connectivity index (χ0) is 23.2. The van der Waals surface area contributed by atoms with Crippen molar-refractivity contribution in [2.45, 2.75) is 45.3 Å². The highest BCUT2D eigenvalue weighted by Gasteiger charge is 2.34. The Morgan fingerprint density at radius 2 is 1.82 bits per heavy atom. The number of aromatic nitrogens is 5. The Morgan fingerprint density at radius 1 is 1.03 bits per heavy atom. The lowest BCUT2D eigenvalue weighted by Gasteiger charge is -2.35. The normalized spacial score (nSPS) is 15.4. The minimum absolute atomic E-state index is 0.140. The van der Waals surface area contributed by atoms with Gasteiger partial charge >= 0.3 is 0 Å². The van der Waals surface area contributed by atoms with Gasteiger partial charge in [0.1, 0.15) is 0 Å². The first kappa shape index (κ1) is 21.5. The molecule has 8 heteroatoms. The third-order valence-corrected chi connectivity index (χ3v) is 6.37. The summed E-state index contributed by atoms with van der Waals surface area (Å²) in [6, 6.07) is 14.4. The fraction of sp³-hybridized carbons (Fsp3) is 0.400. The van der Waals surface area contributed by atoms with E-state index in [0.29, 0.717) is 11.5 Å². The zero-order valence-electron chi connectivity index (χ0n) is 19.8. The molecule has 3 heterocycles. The molecule has 0 radical (unpaired) electrons. The van der Waals surface area contributed by atoms with Crippen molar-refractivity contribution in [3.8, 4) is 11.5 Å². The molecule has 0 saturated carbocycles. The molecule has 0 bridgehead atoms. The fourth-order valence-electron chi connectivity index (χ4n) is 4.82. The Hall–Kier alpha value is -3.39. The number of tetrazole rings is 1. The average molecular weight is 447 g/mol. The number of fused-ring (bicyclic) bond motifs is 3. The van der Waals surface area contributed by atoms with Gasteiger partial charge in [-0.25, -0.2) is 4.68 Å². The summed E-state index contributed by atoms with van der Waals surface area (Å²) in [4.78, 5) is 6.08. The van der Waals surface area contributed by atoms with E-state index in [2.05, 4.69) is 76.5 Å². The van der Waals surface area contributed by atoms with E-state index in [9.17, 15) is 0 Å². The maximum Gasteiger partial charge on any atom is 0.173 e. The van der Waals surface area contributed by atoms with Crippen molar-refractivity contribution >= 4 is 10.9 Å². The summed E-state index contributed by atoms with van der Waals surface area (Å²) in [5.41, 5.74) is 4.65. The van der Waals surface area contributed by atoms with Gasteiger partial charge in [0, 0.05) is 29.7 Å². The highest BCUT2D eigenvalue weighted by Crippen LogP contribution is 2.38. The molecule has 1 aliphatic rings. The highest BCUT2D eigenvalue weighted by atomic mass is 16.5. The molecule has 0 fully saturated rings. The van der Waals surface area contributed by atoms with E-state index in [0.717, 1.165) is 30.9 Å². The number of H-pyrrole nitrogens is 1. The fourth-order valence-corrected chi connectivity index (χ4v) is 4.82. The molecule has 172 valence electrons. The van der Waals surface area contributed by atoms with Gasteiger partial charge in [0.15, 0.2) is 17.3 Å². The van der Waals surface area contributed by atoms with Crippen LogP contribution in [0.4, 0.5) is 0 Å². The molecule has 8 nitrogen and oxygen atoms in total. The monoisotopic (exact) mass is 446 g/mol. The number of benzene rings is 2. The lowest BCUT2D eigenvalue weighted by molar-refractivity contribution is 0.184. The molecular formula is C25H30N6O2. The number of para-hydroxylation sites is 1. The van der Waals surface area contributed by atoms with Gasteiger partial charge < -0.3 is 14.5 Å². The molecule has 33 heavy (non-hydrogen) atoms. The largest absolute Gasteiger partial charge is 0.493 e. The summed E-state index contributed by atoms with van der Waals surface area (Å²) in [7, 11) is 3.31. The molecule has 4 aromatic rings. The summed E-state index contributed by atoms with van der Waals surface area (Å²) in [6.45, 7) is 8.02. The minimum Gasteiger partial charge on any atom is -0.493 e. The number of hydrogen-bond donors (Lipinski definition) is 1. The minimum atomic E-state index is -0.254. The summed E-state index contributed by atoms with van der Waals surface area (Å²) < 4.78 is 13.0. The third-order valence-electron chi connectivity index (χ3n) is 6.37. The molecule has 2 aromatic carbocycles. The van der Waals surface area contributed by atoms with Gasteiger partial charge in [-0.15, -0.1) is 5.10 Å². The summed E-state index contributed by atoms with van der Waals surface area (Å²) >= 11 is 0. The Morgan fingerprint density at radius 3 is 2.58 bits per heavy atom. The van der Waals surface area contributed by atoms with Crippen molar-refractivity contribution in [2.75, 3.05) is 20.8 Å². The number of hydrogen-bond acceptors (Lipinski definition) is 6. The number of nitrogens with zero attached hydrogens (tertiary/aromatic N) is 5. The lowest BCUT2D eigenvalue weighted by atomic mass is 9.97. The first-order valence-corrected chi connectivity index (χ1v) is 11.2. The number of rotatable bonds is 5. The number of nitrogens with one attached hydrogen (secondary N) is 1. The smallest absolute Gasteiger partial charge is 0.173 e. The second-order valence-electron chi connectivity index (χ2n) is 9.48. The number of ether oxygens (including phenoxy) is 2. The van der Waals surface area contributed by atoms with Crippen LogP contribution in [0, 0.1) is 0 Å². The van der Waals surface area contributed by atoms with Gasteiger partial charge in [0.2, 0.25) is 0 Å². The summed E-state index contributed by atoms with van der Waals surface area (Å²) in [5.74, 6) is 2.21. The Balaban J connectivity index is 1.61. The SMILES string of the molecule is COc1ccc(C(c2nnnn2C(C)(C)C)N2CCc3c([nH]c4ccccc34)C2)cc1OC. The standard InChI is InChI=1S/C25H30N6O2/c1-25(2,3)31-24(27-28-29-31)23(16-10-11-21(32-4)22(14-16)33-5)30-13-12-18-17-8-6-7-9-19(17)26-20(18)15-30/h6-11,14,23,26H,12-13,15H2,1-5H3. The van der Waals surface area contributed by atoms with E-state index < -0.39 is 0 Å². The molecule has 0 saturated heterocycles. The molecule has 0 aliphatic carbocycles. The van der Waals surface area contributed by atoms with Crippen LogP contribution in [0.3, 0.4) is 0 Å². The molecule has 1 atom stereocenters. The van der Waals surface area contributed by atoms with E-state index in [1.54, 1.807) is 14.2 Å². The van der Waals surface area contributed by atoms with Crippen LogP contribution in [0.25, 0.3) is 10.9 Å². The molecule has 1 unspecified atom stereocenters. The van der Waals surface area contributed by atoms with Gasteiger partial charge in [0.05, 0.1) is 25.8 Å². The second kappa shape index (κ2) is 8.19. The van der Waals surface area contributed by atoms with Crippen molar-refractivity contribution in [2.24, 2.45) is 0 Å². The first-order chi connectivity index (χ1) is 15.9. The van der Waals surface area contributed by atoms with E-state index >= 15 is 0 Å². The third kappa shape index (κ3) is 3.74. The van der Waals surface area contributed by atoms with Crippen molar-refractivity contribution in [1.82, 2.24) is 30.1 Å². The van der Waals surface area contributed by atoms with Crippen molar-refractivity contribution in [1.29, 1.82) is 0 Å². The maximum absolute atomic E-state index is 5.62. The lowest BCUT2D eigenvalue weighted by Crippen LogP contribution is -2.38. The van der Waals surface area contributed by atoms with E-state index in [4.69, 9.17) is 9.47 Å². The zero-order valence-corrected chi connectivity index (χ0v) is 19.8. The van der Waals surface area contributed by atoms with Crippen molar-refractivity contribution in [3.05, 3.63) is 65.1 Å². The van der Waals surface area contributed by atoms with Crippen LogP contribution in [-0.2, 0) is 18.5 Å². The predicted molar refractivity (Wildman–Crippen MR) is 127 cm³/mol. The number of methoxy groups -OCH3 is 2. The van der Waals surface area contributed by atoms with Crippen LogP contribution >= 0.6 is 0 Å². The van der Waals surface area contributed by atoms with Crippen LogP contribution in [0.2, 0.25) is 0 Å². The van der Waals surface area contributed by atoms with Crippen LogP contribution in [0.1, 0.15) is 49.5 Å². The average Bonchev–Trinajstić information content (AvgIpc) is 3.44. The van der Waals surface area contributed by atoms with Crippen molar-refractivity contribution < 1.29 is 9.47 Å². The van der Waals surface area contributed by atoms with Crippen LogP contribution in [0.15, 0.2) is 42.5 Å². The second-order valence-corrected chi connectivity index (χ2v) is 9.48. The quantitative estimate of drug-likeness (QED) is 0.498. The van der Waals surface area contributed by atoms with Gasteiger partial charge in [0.25, 0.3) is 0 Å². The van der Waals surface area contributed by atoms with Crippen LogP contribution in [0.5, 0.6) is 11.5 Å². The van der Waals surface area contributed by atoms with E-state index in [1.807, 2.05) is 16.8 Å². The van der Waals surface area contributed by atoms with Crippen molar-refractivity contribution in [3.63, 3.8) is 0 Å². The van der Waals surface area contributed by atoms with Gasteiger partial charge in [-0.2, -0.15) is 0 Å². The highest BCUT2D eigenvalue weighted by molar-refractivity contribution is 5.84. The molecule has 0 amide bonds. The first-order valence-electron chi connectivity index (χ1n) is 11.2. The predicted octanol–water partition coefficient (Wildman–Crippen LogP) is 4.07. The Bertz CT molecular complexity index is 1290. The Labute approximate surface area is 193 Å². The topological polar surface area (TPSA) is 81.1 Å². The van der Waals surface area contributed by atoms with Gasteiger partial charge in [-0.3, -0.25) is 4.90 Å². The molecule has 2 aromatic heterocycles. The van der Waals surface area contributed by atoms with Gasteiger partial charge in [-0.1, -0.05) is 24.3 Å². The van der Waals surface area contributed by atoms with E-state index in [-0.39, 0.29) is 11.6 Å².